The normalized spacial score (nSPS) is 12.7. The van der Waals surface area contributed by atoms with Crippen molar-refractivity contribution in [3.8, 4) is 50.8 Å². The van der Waals surface area contributed by atoms with Crippen LogP contribution < -0.4 is 0 Å². The van der Waals surface area contributed by atoms with Crippen LogP contribution in [-0.2, 0) is 24.7 Å². The molecule has 0 fully saturated rings. The number of benzene rings is 7. The summed E-state index contributed by atoms with van der Waals surface area (Å²) in [7, 11) is 0. The monoisotopic (exact) mass is 934 g/mol. The molecule has 0 spiro atoms. The molecule has 0 saturated carbocycles. The van der Waals surface area contributed by atoms with Gasteiger partial charge >= 0.3 is 24.7 Å². The number of halogens is 12. The lowest BCUT2D eigenvalue weighted by Crippen LogP contribution is -2.12. The van der Waals surface area contributed by atoms with Crippen molar-refractivity contribution in [3.05, 3.63) is 186 Å². The first-order chi connectivity index (χ1) is 32.2. The summed E-state index contributed by atoms with van der Waals surface area (Å²) in [6.07, 6.45) is -17.3. The molecule has 3 heterocycles. The Kier molecular flexibility index (Phi) is 9.99. The fourth-order valence-electron chi connectivity index (χ4n) is 9.00. The summed E-state index contributed by atoms with van der Waals surface area (Å²) in [6.45, 7) is 0. The second kappa shape index (κ2) is 15.5. The molecule has 0 bridgehead atoms. The number of aromatic nitrogens is 3. The van der Waals surface area contributed by atoms with Crippen LogP contribution in [0.2, 0.25) is 0 Å². The van der Waals surface area contributed by atoms with Gasteiger partial charge in [0.1, 0.15) is 0 Å². The van der Waals surface area contributed by atoms with Gasteiger partial charge in [-0.05, 0) is 101 Å². The van der Waals surface area contributed by atoms with Crippen LogP contribution in [0.3, 0.4) is 0 Å². The highest BCUT2D eigenvalue weighted by Crippen LogP contribution is 2.47. The number of alkyl halides is 12. The van der Waals surface area contributed by atoms with Crippen molar-refractivity contribution in [1.29, 1.82) is 5.26 Å². The van der Waals surface area contributed by atoms with Crippen molar-refractivity contribution in [1.82, 2.24) is 14.1 Å². The first-order valence-corrected chi connectivity index (χ1v) is 20.4. The molecule has 16 heteroatoms. The van der Waals surface area contributed by atoms with E-state index in [-0.39, 0.29) is 28.8 Å². The fourth-order valence-corrected chi connectivity index (χ4v) is 9.00. The molecule has 7 aromatic carbocycles. The highest BCUT2D eigenvalue weighted by atomic mass is 19.4. The van der Waals surface area contributed by atoms with Crippen molar-refractivity contribution < 1.29 is 52.7 Å². The third kappa shape index (κ3) is 7.34. The largest absolute Gasteiger partial charge is 0.417 e. The van der Waals surface area contributed by atoms with Gasteiger partial charge in [0.2, 0.25) is 0 Å². The van der Waals surface area contributed by atoms with Crippen molar-refractivity contribution in [2.75, 3.05) is 0 Å². The molecule has 0 saturated heterocycles. The van der Waals surface area contributed by atoms with Crippen molar-refractivity contribution in [3.63, 3.8) is 0 Å². The number of hydrogen-bond donors (Lipinski definition) is 0. The van der Waals surface area contributed by atoms with Crippen LogP contribution in [0.25, 0.3) is 88.4 Å². The Hall–Kier alpha value is -8.06. The van der Waals surface area contributed by atoms with Crippen molar-refractivity contribution in [2.45, 2.75) is 24.7 Å². The van der Waals surface area contributed by atoms with E-state index in [4.69, 9.17) is 0 Å². The van der Waals surface area contributed by atoms with Crippen molar-refractivity contribution in [2.24, 2.45) is 0 Å². The molecule has 0 aliphatic rings. The fraction of sp³-hybridized carbons (Fsp3) is 0.0769. The van der Waals surface area contributed by atoms with Gasteiger partial charge in [-0.1, -0.05) is 66.7 Å². The Morgan fingerprint density at radius 1 is 0.397 bits per heavy atom. The number of pyridine rings is 1. The number of para-hydroxylation sites is 2. The number of nitrogens with zero attached hydrogens (tertiary/aromatic N) is 4. The van der Waals surface area contributed by atoms with E-state index in [9.17, 15) is 57.9 Å². The topological polar surface area (TPSA) is 46.5 Å². The molecular weight excluding hydrogens is 909 g/mol. The van der Waals surface area contributed by atoms with E-state index in [1.165, 1.54) is 30.3 Å². The smallest absolute Gasteiger partial charge is 0.307 e. The maximum Gasteiger partial charge on any atom is 0.417 e. The number of fused-ring (bicyclic) bond motifs is 6. The molecule has 10 rings (SSSR count). The zero-order valence-corrected chi connectivity index (χ0v) is 34.3. The van der Waals surface area contributed by atoms with Crippen LogP contribution in [0.5, 0.6) is 0 Å². The van der Waals surface area contributed by atoms with E-state index in [1.807, 2.05) is 4.57 Å². The number of nitriles is 1. The third-order valence-electron chi connectivity index (χ3n) is 12.0. The molecule has 0 radical (unpaired) electrons. The predicted octanol–water partition coefficient (Wildman–Crippen LogP) is 16.2. The van der Waals surface area contributed by atoms with Gasteiger partial charge in [-0.25, -0.2) is 0 Å². The van der Waals surface area contributed by atoms with E-state index in [0.717, 1.165) is 12.1 Å². The average molecular weight is 935 g/mol. The Morgan fingerprint density at radius 3 is 1.28 bits per heavy atom. The van der Waals surface area contributed by atoms with Crippen LogP contribution in [-0.4, -0.2) is 14.1 Å². The lowest BCUT2D eigenvalue weighted by atomic mass is 9.95. The van der Waals surface area contributed by atoms with E-state index in [2.05, 4.69) is 11.1 Å². The van der Waals surface area contributed by atoms with Crippen molar-refractivity contribution >= 4 is 43.6 Å². The Labute approximate surface area is 376 Å². The molecule has 0 aliphatic heterocycles. The molecule has 10 aromatic rings. The molecular formula is C52H26F12N4. The predicted molar refractivity (Wildman–Crippen MR) is 234 cm³/mol. The van der Waals surface area contributed by atoms with E-state index in [1.54, 1.807) is 95.8 Å². The van der Waals surface area contributed by atoms with Gasteiger partial charge in [-0.3, -0.25) is 4.98 Å². The quantitative estimate of drug-likeness (QED) is 0.161. The Bertz CT molecular complexity index is 3700. The summed E-state index contributed by atoms with van der Waals surface area (Å²) in [5.41, 5.74) is -3.00. The molecule has 3 aromatic heterocycles. The highest BCUT2D eigenvalue weighted by Gasteiger charge is 2.40. The van der Waals surface area contributed by atoms with Crippen LogP contribution >= 0.6 is 0 Å². The Balaban J connectivity index is 1.26. The SMILES string of the molecule is N#Cc1cc(-n2c3ccccc3c3cc(-c4ccc(C(F)(F)F)cc4C(F)(F)F)ccc32)c(-n2c3ccccc3c3cc(-c4ccc(C(F)(F)F)cc4C(F)(F)F)ccc32)cc1-c1cccnc1. The highest BCUT2D eigenvalue weighted by molar-refractivity contribution is 6.13. The zero-order valence-electron chi connectivity index (χ0n) is 34.3. The van der Waals surface area contributed by atoms with E-state index in [0.29, 0.717) is 78.2 Å². The van der Waals surface area contributed by atoms with Crippen LogP contribution in [0, 0.1) is 11.3 Å². The van der Waals surface area contributed by atoms with E-state index >= 15 is 0 Å². The second-order valence-corrected chi connectivity index (χ2v) is 15.9. The van der Waals surface area contributed by atoms with Crippen LogP contribution in [0.15, 0.2) is 158 Å². The van der Waals surface area contributed by atoms with Gasteiger partial charge in [0.15, 0.2) is 0 Å². The zero-order chi connectivity index (χ0) is 48.1. The first-order valence-electron chi connectivity index (χ1n) is 20.4. The average Bonchev–Trinajstić information content (AvgIpc) is 3.82. The molecule has 0 unspecified atom stereocenters. The summed E-state index contributed by atoms with van der Waals surface area (Å²) >= 11 is 0. The molecule has 0 N–H and O–H groups in total. The summed E-state index contributed by atoms with van der Waals surface area (Å²) in [5, 5.41) is 12.6. The molecule has 68 heavy (non-hydrogen) atoms. The minimum Gasteiger partial charge on any atom is -0.307 e. The summed E-state index contributed by atoms with van der Waals surface area (Å²) < 4.78 is 172. The second-order valence-electron chi connectivity index (χ2n) is 15.9. The lowest BCUT2D eigenvalue weighted by molar-refractivity contribution is -0.144. The summed E-state index contributed by atoms with van der Waals surface area (Å²) in [5.74, 6) is 0. The summed E-state index contributed by atoms with van der Waals surface area (Å²) in [4.78, 5) is 4.25. The molecule has 4 nitrogen and oxygen atoms in total. The lowest BCUT2D eigenvalue weighted by Gasteiger charge is -2.20. The van der Waals surface area contributed by atoms with Gasteiger partial charge in [0.05, 0.1) is 67.3 Å². The molecule has 0 atom stereocenters. The Morgan fingerprint density at radius 2 is 0.853 bits per heavy atom. The summed E-state index contributed by atoms with van der Waals surface area (Å²) in [6, 6.07) is 34.6. The van der Waals surface area contributed by atoms with Gasteiger partial charge in [-0.2, -0.15) is 57.9 Å². The standard InChI is InChI=1S/C52H26F12N4/c53-49(54,55)32-13-15-34(41(23-32)51(59,60)61)28-11-17-45-39(20-28)36-7-1-3-9-43(36)67(45)47-22-31(26-65)38(30-6-5-19-66-27-30)25-48(47)68-44-10-4-2-8-37(44)40-21-29(12-18-46(40)68)35-16-14-33(50(56,57)58)24-42(35)52(62,63)64/h1-25,27H. The van der Waals surface area contributed by atoms with Crippen LogP contribution in [0.1, 0.15) is 27.8 Å². The van der Waals surface area contributed by atoms with Gasteiger partial charge in [0.25, 0.3) is 0 Å². The molecule has 338 valence electrons. The first kappa shape index (κ1) is 43.8. The number of hydrogen-bond acceptors (Lipinski definition) is 2. The minimum atomic E-state index is -5.15. The number of rotatable bonds is 5. The minimum absolute atomic E-state index is 0.0162. The van der Waals surface area contributed by atoms with Gasteiger partial charge < -0.3 is 9.13 Å². The molecule has 0 amide bonds. The van der Waals surface area contributed by atoms with Gasteiger partial charge in [-0.15, -0.1) is 0 Å². The van der Waals surface area contributed by atoms with Crippen LogP contribution in [0.4, 0.5) is 52.7 Å². The molecule has 0 aliphatic carbocycles. The van der Waals surface area contributed by atoms with E-state index < -0.39 is 58.1 Å². The maximum absolute atomic E-state index is 14.5. The van der Waals surface area contributed by atoms with Gasteiger partial charge in [0, 0.05) is 45.1 Å². The maximum atomic E-state index is 14.5. The third-order valence-corrected chi connectivity index (χ3v) is 12.0.